The molecule has 1 rings (SSSR count). The van der Waals surface area contributed by atoms with Crippen LogP contribution < -0.4 is 14.2 Å². The van der Waals surface area contributed by atoms with E-state index in [1.54, 1.807) is 12.1 Å². The Hall–Kier alpha value is -1.95. The summed E-state index contributed by atoms with van der Waals surface area (Å²) in [7, 11) is 4.38. The van der Waals surface area contributed by atoms with Crippen LogP contribution in [0.5, 0.6) is 17.2 Å². The van der Waals surface area contributed by atoms with Crippen molar-refractivity contribution in [2.24, 2.45) is 0 Å². The number of aliphatic hydroxyl groups excluding tert-OH is 1. The summed E-state index contributed by atoms with van der Waals surface area (Å²) in [4.78, 5) is 10.6. The Morgan fingerprint density at radius 2 is 1.78 bits per heavy atom. The third kappa shape index (κ3) is 2.84. The van der Waals surface area contributed by atoms with Crippen molar-refractivity contribution in [1.29, 1.82) is 0 Å². The lowest BCUT2D eigenvalue weighted by Gasteiger charge is -2.16. The second-order valence-electron chi connectivity index (χ2n) is 3.55. The maximum absolute atomic E-state index is 10.6. The summed E-state index contributed by atoms with van der Waals surface area (Å²) < 4.78 is 15.4. The topological polar surface area (TPSA) is 85.2 Å². The highest BCUT2D eigenvalue weighted by Gasteiger charge is 2.21. The van der Waals surface area contributed by atoms with E-state index in [2.05, 4.69) is 0 Å². The smallest absolute Gasteiger partial charge is 0.332 e. The third-order valence-corrected chi connectivity index (χ3v) is 2.48. The third-order valence-electron chi connectivity index (χ3n) is 2.48. The number of carboxylic acids is 1. The van der Waals surface area contributed by atoms with Crippen LogP contribution >= 0.6 is 0 Å². The van der Waals surface area contributed by atoms with Gasteiger partial charge in [0.15, 0.2) is 17.6 Å². The minimum absolute atomic E-state index is 0.0706. The van der Waals surface area contributed by atoms with Gasteiger partial charge in [-0.25, -0.2) is 4.79 Å². The minimum Gasteiger partial charge on any atom is -0.493 e. The van der Waals surface area contributed by atoms with Crippen LogP contribution in [0, 0.1) is 0 Å². The fourth-order valence-corrected chi connectivity index (χ4v) is 1.62. The average molecular weight is 256 g/mol. The maximum Gasteiger partial charge on any atom is 0.332 e. The van der Waals surface area contributed by atoms with E-state index in [1.807, 2.05) is 0 Å². The molecule has 1 atom stereocenters. The molecule has 1 aromatic rings. The number of carboxylic acid groups (broad SMARTS) is 1. The first-order valence-electron chi connectivity index (χ1n) is 5.23. The first-order valence-corrected chi connectivity index (χ1v) is 5.23. The predicted molar refractivity (Wildman–Crippen MR) is 63.4 cm³/mol. The van der Waals surface area contributed by atoms with Crippen molar-refractivity contribution < 1.29 is 29.2 Å². The number of carbonyl (C=O) groups is 1. The van der Waals surface area contributed by atoms with Crippen molar-refractivity contribution in [3.05, 3.63) is 17.7 Å². The number of hydrogen-bond acceptors (Lipinski definition) is 5. The van der Waals surface area contributed by atoms with Gasteiger partial charge in [-0.2, -0.15) is 0 Å². The van der Waals surface area contributed by atoms with Gasteiger partial charge in [0.2, 0.25) is 5.75 Å². The number of aliphatic carboxylic acids is 1. The molecule has 0 aliphatic rings. The summed E-state index contributed by atoms with van der Waals surface area (Å²) in [6, 6.07) is 3.26. The molecule has 0 radical (unpaired) electrons. The van der Waals surface area contributed by atoms with Crippen molar-refractivity contribution >= 4 is 5.97 Å². The molecule has 6 nitrogen and oxygen atoms in total. The summed E-state index contributed by atoms with van der Waals surface area (Å²) in [5.41, 5.74) is 0.532. The van der Waals surface area contributed by atoms with Crippen molar-refractivity contribution in [1.82, 2.24) is 0 Å². The molecule has 6 heteroatoms. The van der Waals surface area contributed by atoms with Crippen molar-refractivity contribution in [3.8, 4) is 17.2 Å². The predicted octanol–water partition coefficient (Wildman–Crippen LogP) is 0.700. The van der Waals surface area contributed by atoms with Crippen molar-refractivity contribution in [2.75, 3.05) is 21.3 Å². The normalized spacial score (nSPS) is 11.8. The Morgan fingerprint density at radius 3 is 2.22 bits per heavy atom. The van der Waals surface area contributed by atoms with E-state index in [-0.39, 0.29) is 6.42 Å². The standard InChI is InChI=1S/C12H16O6/c1-16-9-5-4-7(6-8(13)12(14)15)10(17-2)11(9)18-3/h4-5,8,13H,6H2,1-3H3,(H,14,15). The molecule has 0 heterocycles. The summed E-state index contributed by atoms with van der Waals surface area (Å²) in [6.07, 6.45) is -1.56. The number of hydrogen-bond donors (Lipinski definition) is 2. The SMILES string of the molecule is COc1ccc(CC(O)C(=O)O)c(OC)c1OC. The molecule has 0 aliphatic heterocycles. The van der Waals surface area contributed by atoms with E-state index in [0.29, 0.717) is 22.8 Å². The maximum atomic E-state index is 10.6. The summed E-state index contributed by atoms with van der Waals surface area (Å²) in [5.74, 6) is -0.0815. The molecule has 0 fully saturated rings. The molecule has 1 aromatic carbocycles. The van der Waals surface area contributed by atoms with Crippen molar-refractivity contribution in [2.45, 2.75) is 12.5 Å². The molecule has 0 saturated heterocycles. The second-order valence-corrected chi connectivity index (χ2v) is 3.55. The largest absolute Gasteiger partial charge is 0.493 e. The highest BCUT2D eigenvalue weighted by atomic mass is 16.5. The summed E-state index contributed by atoms with van der Waals surface area (Å²) in [5, 5.41) is 18.1. The van der Waals surface area contributed by atoms with E-state index >= 15 is 0 Å². The lowest BCUT2D eigenvalue weighted by atomic mass is 10.1. The molecule has 100 valence electrons. The molecule has 1 unspecified atom stereocenters. The van der Waals surface area contributed by atoms with Crippen LogP contribution in [-0.4, -0.2) is 43.6 Å². The minimum atomic E-state index is -1.49. The molecule has 0 amide bonds. The fraction of sp³-hybridized carbons (Fsp3) is 0.417. The van der Waals surface area contributed by atoms with E-state index in [1.165, 1.54) is 21.3 Å². The highest BCUT2D eigenvalue weighted by Crippen LogP contribution is 2.40. The molecule has 0 bridgehead atoms. The first kappa shape index (κ1) is 14.1. The highest BCUT2D eigenvalue weighted by molar-refractivity contribution is 5.72. The van der Waals surface area contributed by atoms with Gasteiger partial charge in [0.1, 0.15) is 0 Å². The van der Waals surface area contributed by atoms with Crippen LogP contribution in [-0.2, 0) is 11.2 Å². The molecule has 2 N–H and O–H groups in total. The van der Waals surface area contributed by atoms with Crippen molar-refractivity contribution in [3.63, 3.8) is 0 Å². The number of aliphatic hydroxyl groups is 1. The zero-order valence-corrected chi connectivity index (χ0v) is 10.5. The van der Waals surface area contributed by atoms with E-state index < -0.39 is 12.1 Å². The van der Waals surface area contributed by atoms with E-state index in [9.17, 15) is 9.90 Å². The van der Waals surface area contributed by atoms with Gasteiger partial charge in [-0.15, -0.1) is 0 Å². The number of benzene rings is 1. The molecule has 0 spiro atoms. The average Bonchev–Trinajstić information content (AvgIpc) is 2.37. The zero-order chi connectivity index (χ0) is 13.7. The first-order chi connectivity index (χ1) is 8.54. The van der Waals surface area contributed by atoms with Gasteiger partial charge in [-0.3, -0.25) is 0 Å². The van der Waals surface area contributed by atoms with Gasteiger partial charge in [0.25, 0.3) is 0 Å². The van der Waals surface area contributed by atoms with Crippen LogP contribution in [0.15, 0.2) is 12.1 Å². The van der Waals surface area contributed by atoms with Crippen LogP contribution in [0.25, 0.3) is 0 Å². The molecule has 0 aliphatic carbocycles. The van der Waals surface area contributed by atoms with Gasteiger partial charge in [-0.05, 0) is 6.07 Å². The molecule has 0 aromatic heterocycles. The molecular weight excluding hydrogens is 240 g/mol. The Labute approximate surface area is 105 Å². The Bertz CT molecular complexity index is 429. The quantitative estimate of drug-likeness (QED) is 0.779. The van der Waals surface area contributed by atoms with Crippen LogP contribution in [0.1, 0.15) is 5.56 Å². The monoisotopic (exact) mass is 256 g/mol. The molecular formula is C12H16O6. The van der Waals surface area contributed by atoms with E-state index in [0.717, 1.165) is 0 Å². The van der Waals surface area contributed by atoms with Gasteiger partial charge in [0, 0.05) is 12.0 Å². The number of rotatable bonds is 6. The summed E-state index contributed by atoms with van der Waals surface area (Å²) >= 11 is 0. The van der Waals surface area contributed by atoms with Gasteiger partial charge < -0.3 is 24.4 Å². The number of methoxy groups -OCH3 is 3. The fourth-order valence-electron chi connectivity index (χ4n) is 1.62. The zero-order valence-electron chi connectivity index (χ0n) is 10.5. The second kappa shape index (κ2) is 6.11. The van der Waals surface area contributed by atoms with Gasteiger partial charge >= 0.3 is 5.97 Å². The van der Waals surface area contributed by atoms with Gasteiger partial charge in [0.05, 0.1) is 21.3 Å². The molecule has 0 saturated carbocycles. The lowest BCUT2D eigenvalue weighted by Crippen LogP contribution is -2.22. The van der Waals surface area contributed by atoms with Gasteiger partial charge in [-0.1, -0.05) is 6.07 Å². The van der Waals surface area contributed by atoms with Crippen LogP contribution in [0.4, 0.5) is 0 Å². The summed E-state index contributed by atoms with van der Waals surface area (Å²) in [6.45, 7) is 0. The number of ether oxygens (including phenoxy) is 3. The van der Waals surface area contributed by atoms with Crippen LogP contribution in [0.3, 0.4) is 0 Å². The Morgan fingerprint density at radius 1 is 1.17 bits per heavy atom. The van der Waals surface area contributed by atoms with E-state index in [4.69, 9.17) is 19.3 Å². The molecule has 18 heavy (non-hydrogen) atoms. The Kier molecular flexibility index (Phi) is 4.79. The Balaban J connectivity index is 3.16. The van der Waals surface area contributed by atoms with Crippen LogP contribution in [0.2, 0.25) is 0 Å². The lowest BCUT2D eigenvalue weighted by molar-refractivity contribution is -0.146.